The van der Waals surface area contributed by atoms with Crippen molar-refractivity contribution in [3.8, 4) is 0 Å². The maximum Gasteiger partial charge on any atom is 0.180 e. The normalized spacial score (nSPS) is 39.5. The van der Waals surface area contributed by atoms with Crippen molar-refractivity contribution in [1.29, 1.82) is 0 Å². The van der Waals surface area contributed by atoms with Gasteiger partial charge in [-0.2, -0.15) is 0 Å². The number of ether oxygens (including phenoxy) is 2. The molecule has 0 aromatic heterocycles. The lowest BCUT2D eigenvalue weighted by molar-refractivity contribution is -0.234. The molecule has 2 rings (SSSR count). The summed E-state index contributed by atoms with van der Waals surface area (Å²) < 4.78 is 11.3. The van der Waals surface area contributed by atoms with Crippen molar-refractivity contribution in [2.75, 3.05) is 20.8 Å². The maximum absolute atomic E-state index is 9.56. The molecule has 3 heteroatoms. The van der Waals surface area contributed by atoms with Crippen LogP contribution in [0.4, 0.5) is 0 Å². The highest BCUT2D eigenvalue weighted by atomic mass is 16.7. The third-order valence-electron chi connectivity index (χ3n) is 4.40. The van der Waals surface area contributed by atoms with Gasteiger partial charge in [0.25, 0.3) is 0 Å². The fraction of sp³-hybridized carbons (Fsp3) is 0.846. The Morgan fingerprint density at radius 2 is 1.69 bits per heavy atom. The summed E-state index contributed by atoms with van der Waals surface area (Å²) in [6, 6.07) is 0. The maximum atomic E-state index is 9.56. The van der Waals surface area contributed by atoms with Crippen LogP contribution in [0, 0.1) is 23.7 Å². The Morgan fingerprint density at radius 1 is 1.12 bits per heavy atom. The summed E-state index contributed by atoms with van der Waals surface area (Å²) in [5, 5.41) is 9.56. The molecule has 0 saturated heterocycles. The second kappa shape index (κ2) is 4.47. The topological polar surface area (TPSA) is 38.7 Å². The Hall–Kier alpha value is -0.380. The lowest BCUT2D eigenvalue weighted by Gasteiger charge is -2.32. The van der Waals surface area contributed by atoms with Crippen LogP contribution < -0.4 is 0 Å². The van der Waals surface area contributed by atoms with E-state index in [2.05, 4.69) is 19.1 Å². The van der Waals surface area contributed by atoms with Crippen molar-refractivity contribution in [2.45, 2.75) is 25.6 Å². The smallest absolute Gasteiger partial charge is 0.180 e. The zero-order valence-corrected chi connectivity index (χ0v) is 10.3. The SMILES string of the molecule is CCC[C@@H]1[C@H](CO)[C@@H]2C=C[C@H]1C2(OC)OC. The second-order valence-electron chi connectivity index (χ2n) is 4.87. The summed E-state index contributed by atoms with van der Waals surface area (Å²) >= 11 is 0. The van der Waals surface area contributed by atoms with E-state index in [-0.39, 0.29) is 18.4 Å². The van der Waals surface area contributed by atoms with Gasteiger partial charge in [0.2, 0.25) is 0 Å². The lowest BCUT2D eigenvalue weighted by atomic mass is 9.81. The minimum atomic E-state index is -0.521. The fourth-order valence-corrected chi connectivity index (χ4v) is 3.75. The number of aliphatic hydroxyl groups is 1. The number of fused-ring (bicyclic) bond motifs is 2. The first kappa shape index (κ1) is 12.1. The van der Waals surface area contributed by atoms with Crippen LogP contribution in [0.5, 0.6) is 0 Å². The summed E-state index contributed by atoms with van der Waals surface area (Å²) in [6.45, 7) is 2.41. The molecule has 16 heavy (non-hydrogen) atoms. The molecule has 0 amide bonds. The molecule has 1 N–H and O–H groups in total. The summed E-state index contributed by atoms with van der Waals surface area (Å²) in [4.78, 5) is 0. The van der Waals surface area contributed by atoms with Crippen LogP contribution in [0.2, 0.25) is 0 Å². The Bertz CT molecular complexity index is 270. The van der Waals surface area contributed by atoms with Gasteiger partial charge in [0.1, 0.15) is 0 Å². The van der Waals surface area contributed by atoms with E-state index in [1.54, 1.807) is 14.2 Å². The van der Waals surface area contributed by atoms with Gasteiger partial charge in [-0.1, -0.05) is 25.5 Å². The quantitative estimate of drug-likeness (QED) is 0.574. The van der Waals surface area contributed by atoms with Gasteiger partial charge < -0.3 is 14.6 Å². The van der Waals surface area contributed by atoms with Gasteiger partial charge in [-0.05, 0) is 18.3 Å². The van der Waals surface area contributed by atoms with Gasteiger partial charge >= 0.3 is 0 Å². The standard InChI is InChI=1S/C13H22O3/c1-4-5-9-10(8-14)12-7-6-11(9)13(12,15-2)16-3/h6-7,9-12,14H,4-5,8H2,1-3H3/t9-,10+,11-,12+/m1/s1. The van der Waals surface area contributed by atoms with Gasteiger partial charge in [0.15, 0.2) is 5.79 Å². The molecule has 0 aromatic rings. The molecule has 2 aliphatic rings. The van der Waals surface area contributed by atoms with Gasteiger partial charge in [-0.3, -0.25) is 0 Å². The first-order valence-corrected chi connectivity index (χ1v) is 6.14. The predicted molar refractivity (Wildman–Crippen MR) is 61.8 cm³/mol. The number of aliphatic hydroxyl groups excluding tert-OH is 1. The molecule has 3 nitrogen and oxygen atoms in total. The van der Waals surface area contributed by atoms with E-state index >= 15 is 0 Å². The van der Waals surface area contributed by atoms with Crippen molar-refractivity contribution < 1.29 is 14.6 Å². The summed E-state index contributed by atoms with van der Waals surface area (Å²) in [7, 11) is 3.42. The molecule has 0 aliphatic heterocycles. The van der Waals surface area contributed by atoms with E-state index in [4.69, 9.17) is 9.47 Å². The molecule has 2 aliphatic carbocycles. The monoisotopic (exact) mass is 226 g/mol. The van der Waals surface area contributed by atoms with E-state index in [1.165, 1.54) is 0 Å². The largest absolute Gasteiger partial charge is 0.396 e. The van der Waals surface area contributed by atoms with E-state index < -0.39 is 5.79 Å². The summed E-state index contributed by atoms with van der Waals surface area (Å²) in [6.07, 6.45) is 6.64. The lowest BCUT2D eigenvalue weighted by Crippen LogP contribution is -2.41. The van der Waals surface area contributed by atoms with Gasteiger partial charge in [-0.15, -0.1) is 0 Å². The Kier molecular flexibility index (Phi) is 3.38. The number of methoxy groups -OCH3 is 2. The first-order chi connectivity index (χ1) is 7.75. The van der Waals surface area contributed by atoms with Gasteiger partial charge in [0, 0.05) is 32.7 Å². The predicted octanol–water partition coefficient (Wildman–Crippen LogP) is 1.82. The average molecular weight is 226 g/mol. The van der Waals surface area contributed by atoms with Crippen LogP contribution in [-0.2, 0) is 9.47 Å². The molecule has 0 heterocycles. The molecule has 0 unspecified atom stereocenters. The molecule has 2 bridgehead atoms. The van der Waals surface area contributed by atoms with Crippen LogP contribution in [0.3, 0.4) is 0 Å². The van der Waals surface area contributed by atoms with Crippen molar-refractivity contribution in [3.05, 3.63) is 12.2 Å². The van der Waals surface area contributed by atoms with E-state index in [0.717, 1.165) is 12.8 Å². The average Bonchev–Trinajstić information content (AvgIpc) is 2.80. The number of hydrogen-bond donors (Lipinski definition) is 1. The van der Waals surface area contributed by atoms with Crippen molar-refractivity contribution in [3.63, 3.8) is 0 Å². The van der Waals surface area contributed by atoms with E-state index in [9.17, 15) is 5.11 Å². The summed E-state index contributed by atoms with van der Waals surface area (Å²) in [5.41, 5.74) is 0. The van der Waals surface area contributed by atoms with E-state index in [1.807, 2.05) is 0 Å². The molecule has 1 saturated carbocycles. The van der Waals surface area contributed by atoms with Crippen LogP contribution in [0.1, 0.15) is 19.8 Å². The van der Waals surface area contributed by atoms with Gasteiger partial charge in [-0.25, -0.2) is 0 Å². The number of rotatable bonds is 5. The molecule has 0 radical (unpaired) electrons. The first-order valence-electron chi connectivity index (χ1n) is 6.14. The molecule has 4 atom stereocenters. The second-order valence-corrected chi connectivity index (χ2v) is 4.87. The van der Waals surface area contributed by atoms with Gasteiger partial charge in [0.05, 0.1) is 0 Å². The van der Waals surface area contributed by atoms with Crippen molar-refractivity contribution >= 4 is 0 Å². The zero-order valence-electron chi connectivity index (χ0n) is 10.3. The minimum Gasteiger partial charge on any atom is -0.396 e. The molecular formula is C13H22O3. The molecule has 0 spiro atoms. The molecular weight excluding hydrogens is 204 g/mol. The fourth-order valence-electron chi connectivity index (χ4n) is 3.75. The molecule has 0 aromatic carbocycles. The molecule has 92 valence electrons. The minimum absolute atomic E-state index is 0.203. The van der Waals surface area contributed by atoms with Crippen LogP contribution in [0.25, 0.3) is 0 Å². The Labute approximate surface area is 97.4 Å². The summed E-state index contributed by atoms with van der Waals surface area (Å²) in [5.74, 6) is 0.756. The molecule has 1 fully saturated rings. The van der Waals surface area contributed by atoms with Crippen molar-refractivity contribution in [1.82, 2.24) is 0 Å². The van der Waals surface area contributed by atoms with Crippen LogP contribution in [-0.4, -0.2) is 31.7 Å². The highest BCUT2D eigenvalue weighted by Gasteiger charge is 2.62. The third kappa shape index (κ3) is 1.38. The van der Waals surface area contributed by atoms with Crippen LogP contribution >= 0.6 is 0 Å². The third-order valence-corrected chi connectivity index (χ3v) is 4.40. The Morgan fingerprint density at radius 3 is 2.12 bits per heavy atom. The highest BCUT2D eigenvalue weighted by Crippen LogP contribution is 2.57. The zero-order chi connectivity index (χ0) is 11.8. The number of hydrogen-bond acceptors (Lipinski definition) is 3. The van der Waals surface area contributed by atoms with E-state index in [0.29, 0.717) is 11.8 Å². The Balaban J connectivity index is 2.29. The van der Waals surface area contributed by atoms with Crippen LogP contribution in [0.15, 0.2) is 12.2 Å². The highest BCUT2D eigenvalue weighted by molar-refractivity contribution is 5.22. The van der Waals surface area contributed by atoms with Crippen molar-refractivity contribution in [2.24, 2.45) is 23.7 Å².